The molecule has 0 aromatic heterocycles. The Balaban J connectivity index is 0.00000392. The molecule has 0 fully saturated rings. The van der Waals surface area contributed by atoms with Crippen LogP contribution in [0.3, 0.4) is 0 Å². The Morgan fingerprint density at radius 2 is 1.89 bits per heavy atom. The van der Waals surface area contributed by atoms with E-state index in [1.54, 1.807) is 6.07 Å². The zero-order chi connectivity index (χ0) is 19.5. The van der Waals surface area contributed by atoms with E-state index in [0.29, 0.717) is 18.9 Å². The summed E-state index contributed by atoms with van der Waals surface area (Å²) < 4.78 is 5.73. The lowest BCUT2D eigenvalue weighted by Crippen LogP contribution is -2.39. The summed E-state index contributed by atoms with van der Waals surface area (Å²) >= 11 is 0. The van der Waals surface area contributed by atoms with Gasteiger partial charge in [0, 0.05) is 25.2 Å². The van der Waals surface area contributed by atoms with Gasteiger partial charge in [-0.2, -0.15) is 0 Å². The fourth-order valence-electron chi connectivity index (χ4n) is 2.54. The quantitative estimate of drug-likeness (QED) is 0.224. The van der Waals surface area contributed by atoms with Crippen molar-refractivity contribution in [2.75, 3.05) is 25.0 Å². The van der Waals surface area contributed by atoms with Gasteiger partial charge in [0.05, 0.1) is 12.6 Å². The summed E-state index contributed by atoms with van der Waals surface area (Å²) in [5.74, 6) is 1.35. The molecule has 2 aromatic carbocycles. The van der Waals surface area contributed by atoms with Gasteiger partial charge >= 0.3 is 0 Å². The van der Waals surface area contributed by atoms with Crippen LogP contribution in [0.25, 0.3) is 0 Å². The van der Waals surface area contributed by atoms with Gasteiger partial charge in [-0.1, -0.05) is 36.4 Å². The zero-order valence-corrected chi connectivity index (χ0v) is 18.9. The molecule has 2 aromatic rings. The largest absolute Gasteiger partial charge is 0.492 e. The van der Waals surface area contributed by atoms with Crippen molar-refractivity contribution in [3.63, 3.8) is 0 Å². The first-order valence-corrected chi connectivity index (χ1v) is 9.18. The van der Waals surface area contributed by atoms with Crippen LogP contribution in [0.5, 0.6) is 5.75 Å². The lowest BCUT2D eigenvalue weighted by molar-refractivity contribution is -0.114. The number of anilines is 1. The van der Waals surface area contributed by atoms with Crippen LogP contribution in [0.2, 0.25) is 0 Å². The van der Waals surface area contributed by atoms with Crippen LogP contribution >= 0.6 is 24.0 Å². The number of hydrogen-bond donors (Lipinski definition) is 3. The van der Waals surface area contributed by atoms with Crippen LogP contribution in [-0.4, -0.2) is 31.6 Å². The van der Waals surface area contributed by atoms with Crippen molar-refractivity contribution in [2.45, 2.75) is 26.8 Å². The van der Waals surface area contributed by atoms with Crippen LogP contribution in [0, 0.1) is 0 Å². The maximum Gasteiger partial charge on any atom is 0.221 e. The number of rotatable bonds is 8. The lowest BCUT2D eigenvalue weighted by Gasteiger charge is -2.18. The van der Waals surface area contributed by atoms with E-state index in [9.17, 15) is 4.79 Å². The summed E-state index contributed by atoms with van der Waals surface area (Å²) in [5, 5.41) is 9.39. The van der Waals surface area contributed by atoms with E-state index in [4.69, 9.17) is 4.74 Å². The third-order valence-corrected chi connectivity index (χ3v) is 3.78. The Labute approximate surface area is 184 Å². The molecule has 0 saturated heterocycles. The van der Waals surface area contributed by atoms with E-state index < -0.39 is 0 Å². The third-order valence-electron chi connectivity index (χ3n) is 3.78. The van der Waals surface area contributed by atoms with Gasteiger partial charge in [0.1, 0.15) is 12.4 Å². The Morgan fingerprint density at radius 1 is 1.14 bits per heavy atom. The van der Waals surface area contributed by atoms with Crippen LogP contribution in [0.4, 0.5) is 5.69 Å². The van der Waals surface area contributed by atoms with Gasteiger partial charge in [0.2, 0.25) is 5.91 Å². The molecule has 1 amide bonds. The molecule has 0 radical (unpaired) electrons. The van der Waals surface area contributed by atoms with Gasteiger partial charge in [-0.05, 0) is 31.5 Å². The average molecular weight is 496 g/mol. The predicted molar refractivity (Wildman–Crippen MR) is 126 cm³/mol. The molecule has 1 unspecified atom stereocenters. The molecule has 0 aliphatic carbocycles. The van der Waals surface area contributed by atoms with Gasteiger partial charge in [-0.25, -0.2) is 4.99 Å². The molecule has 3 N–H and O–H groups in total. The maximum atomic E-state index is 11.1. The van der Waals surface area contributed by atoms with Gasteiger partial charge in [0.15, 0.2) is 5.96 Å². The lowest BCUT2D eigenvalue weighted by atomic mass is 10.1. The first kappa shape index (κ1) is 23.7. The molecule has 0 spiro atoms. The highest BCUT2D eigenvalue weighted by molar-refractivity contribution is 14.0. The van der Waals surface area contributed by atoms with Crippen LogP contribution in [-0.2, 0) is 4.79 Å². The molecular formula is C21H29IN4O2. The summed E-state index contributed by atoms with van der Waals surface area (Å²) in [6.45, 7) is 7.36. The number of nitrogens with one attached hydrogen (secondary N) is 3. The number of carbonyl (C=O) groups is 1. The van der Waals surface area contributed by atoms with Crippen LogP contribution in [0.15, 0.2) is 59.6 Å². The second-order valence-corrected chi connectivity index (χ2v) is 6.09. The van der Waals surface area contributed by atoms with E-state index >= 15 is 0 Å². The molecule has 0 aliphatic heterocycles. The van der Waals surface area contributed by atoms with E-state index in [0.717, 1.165) is 18.2 Å². The molecule has 1 atom stereocenters. The number of ether oxygens (including phenoxy) is 1. The van der Waals surface area contributed by atoms with Gasteiger partial charge in [-0.15, -0.1) is 24.0 Å². The Hall–Kier alpha value is -2.29. The van der Waals surface area contributed by atoms with Crippen LogP contribution < -0.4 is 20.7 Å². The molecular weight excluding hydrogens is 467 g/mol. The van der Waals surface area contributed by atoms with Crippen molar-refractivity contribution < 1.29 is 9.53 Å². The van der Waals surface area contributed by atoms with E-state index in [2.05, 4.69) is 40.0 Å². The highest BCUT2D eigenvalue weighted by Crippen LogP contribution is 2.17. The maximum absolute atomic E-state index is 11.1. The molecule has 0 aliphatic rings. The van der Waals surface area contributed by atoms with E-state index in [1.807, 2.05) is 43.3 Å². The number of aliphatic imine (C=N–C) groups is 1. The zero-order valence-electron chi connectivity index (χ0n) is 16.6. The SMILES string of the molecule is CCNC(=NCCOc1cccc(NC(C)=O)c1)NC(C)c1ccccc1.I. The van der Waals surface area contributed by atoms with Crippen LogP contribution in [0.1, 0.15) is 32.4 Å². The highest BCUT2D eigenvalue weighted by atomic mass is 127. The Bertz CT molecular complexity index is 753. The van der Waals surface area contributed by atoms with Gasteiger partial charge < -0.3 is 20.7 Å². The Kier molecular flexibility index (Phi) is 11.0. The fourth-order valence-corrected chi connectivity index (χ4v) is 2.54. The first-order chi connectivity index (χ1) is 13.1. The first-order valence-electron chi connectivity index (χ1n) is 9.18. The van der Waals surface area contributed by atoms with Crippen molar-refractivity contribution in [1.82, 2.24) is 10.6 Å². The fraction of sp³-hybridized carbons (Fsp3) is 0.333. The molecule has 0 bridgehead atoms. The number of benzene rings is 2. The number of hydrogen-bond acceptors (Lipinski definition) is 3. The molecule has 6 nitrogen and oxygen atoms in total. The molecule has 0 heterocycles. The number of guanidine groups is 1. The van der Waals surface area contributed by atoms with Crippen molar-refractivity contribution >= 4 is 41.5 Å². The second kappa shape index (κ2) is 13.0. The topological polar surface area (TPSA) is 74.8 Å². The van der Waals surface area contributed by atoms with Crippen molar-refractivity contribution in [3.05, 3.63) is 60.2 Å². The number of amides is 1. The van der Waals surface area contributed by atoms with Crippen molar-refractivity contribution in [2.24, 2.45) is 4.99 Å². The van der Waals surface area contributed by atoms with E-state index in [-0.39, 0.29) is 35.9 Å². The predicted octanol–water partition coefficient (Wildman–Crippen LogP) is 3.96. The summed E-state index contributed by atoms with van der Waals surface area (Å²) in [6, 6.07) is 17.7. The number of nitrogens with zero attached hydrogens (tertiary/aromatic N) is 1. The molecule has 152 valence electrons. The normalized spacial score (nSPS) is 11.8. The highest BCUT2D eigenvalue weighted by Gasteiger charge is 2.07. The van der Waals surface area contributed by atoms with Gasteiger partial charge in [-0.3, -0.25) is 4.79 Å². The van der Waals surface area contributed by atoms with Crippen molar-refractivity contribution in [1.29, 1.82) is 0 Å². The summed E-state index contributed by atoms with van der Waals surface area (Å²) in [7, 11) is 0. The van der Waals surface area contributed by atoms with Crippen molar-refractivity contribution in [3.8, 4) is 5.75 Å². The monoisotopic (exact) mass is 496 g/mol. The molecule has 7 heteroatoms. The smallest absolute Gasteiger partial charge is 0.221 e. The minimum Gasteiger partial charge on any atom is -0.492 e. The van der Waals surface area contributed by atoms with E-state index in [1.165, 1.54) is 12.5 Å². The third kappa shape index (κ3) is 8.60. The molecule has 2 rings (SSSR count). The summed E-state index contributed by atoms with van der Waals surface area (Å²) in [4.78, 5) is 15.7. The molecule has 0 saturated carbocycles. The standard InChI is InChI=1S/C21H28N4O2.HI/c1-4-22-21(24-16(2)18-9-6-5-7-10-18)23-13-14-27-20-12-8-11-19(15-20)25-17(3)26;/h5-12,15-16H,4,13-14H2,1-3H3,(H,25,26)(H2,22,23,24);1H. The molecule has 28 heavy (non-hydrogen) atoms. The Morgan fingerprint density at radius 3 is 2.57 bits per heavy atom. The summed E-state index contributed by atoms with van der Waals surface area (Å²) in [5.41, 5.74) is 1.92. The number of halogens is 1. The summed E-state index contributed by atoms with van der Waals surface area (Å²) in [6.07, 6.45) is 0. The average Bonchev–Trinajstić information content (AvgIpc) is 2.66. The number of carbonyl (C=O) groups excluding carboxylic acids is 1. The minimum atomic E-state index is -0.106. The van der Waals surface area contributed by atoms with Gasteiger partial charge in [0.25, 0.3) is 0 Å². The minimum absolute atomic E-state index is 0. The second-order valence-electron chi connectivity index (χ2n) is 6.09.